The van der Waals surface area contributed by atoms with E-state index in [0.29, 0.717) is 0 Å². The van der Waals surface area contributed by atoms with Crippen LogP contribution in [0.4, 0.5) is 21.5 Å². The number of aromatic nitrogens is 1. The standard InChI is InChI=1S/C55H37FN2/c56-41-23-27-43(28-24-41)58-53-18-8-6-16-48(53)49-30-22-38(32-54(49)58)36-20-25-42(26-21-36)57(52-19-9-13-37-10-3-4-14-45(37)52)44-29-31-47-46-15-5-7-17-50(46)55(51(47)33-44)34-39-11-1-2-12-40(39)35-55/h1-33H,34-35H2. The molecule has 1 heterocycles. The van der Waals surface area contributed by atoms with Gasteiger partial charge in [-0.25, -0.2) is 4.39 Å². The maximum atomic E-state index is 14.0. The highest BCUT2D eigenvalue weighted by atomic mass is 19.1. The maximum absolute atomic E-state index is 14.0. The van der Waals surface area contributed by atoms with Crippen LogP contribution in [0.25, 0.3) is 60.5 Å². The normalized spacial score (nSPS) is 13.6. The molecule has 9 aromatic carbocycles. The van der Waals surface area contributed by atoms with E-state index in [1.54, 1.807) is 0 Å². The zero-order valence-corrected chi connectivity index (χ0v) is 31.7. The quantitative estimate of drug-likeness (QED) is 0.170. The van der Waals surface area contributed by atoms with Crippen LogP contribution in [-0.4, -0.2) is 4.57 Å². The molecule has 2 aliphatic carbocycles. The second kappa shape index (κ2) is 12.6. The Morgan fingerprint density at radius 1 is 0.448 bits per heavy atom. The molecule has 274 valence electrons. The SMILES string of the molecule is Fc1ccc(-n2c3ccccc3c3ccc(-c4ccc(N(c5ccc6c(c5)C5(Cc7ccccc7C5)c5ccccc5-6)c5cccc6ccccc56)cc4)cc32)cc1. The van der Waals surface area contributed by atoms with Gasteiger partial charge in [0.15, 0.2) is 0 Å². The lowest BCUT2D eigenvalue weighted by Gasteiger charge is -2.30. The molecule has 1 spiro atoms. The third-order valence-corrected chi connectivity index (χ3v) is 12.8. The number of benzene rings is 9. The molecule has 10 aromatic rings. The zero-order chi connectivity index (χ0) is 38.4. The Morgan fingerprint density at radius 3 is 1.91 bits per heavy atom. The lowest BCUT2D eigenvalue weighted by Crippen LogP contribution is -2.26. The summed E-state index contributed by atoms with van der Waals surface area (Å²) in [4.78, 5) is 2.45. The highest BCUT2D eigenvalue weighted by Crippen LogP contribution is 2.56. The van der Waals surface area contributed by atoms with Gasteiger partial charge in [-0.3, -0.25) is 0 Å². The lowest BCUT2D eigenvalue weighted by molar-refractivity contribution is 0.563. The molecule has 0 fully saturated rings. The van der Waals surface area contributed by atoms with Crippen LogP contribution < -0.4 is 4.90 Å². The van der Waals surface area contributed by atoms with E-state index in [2.05, 4.69) is 185 Å². The van der Waals surface area contributed by atoms with Crippen LogP contribution in [0.5, 0.6) is 0 Å². The molecule has 3 heteroatoms. The van der Waals surface area contributed by atoms with Crippen molar-refractivity contribution >= 4 is 49.6 Å². The summed E-state index contributed by atoms with van der Waals surface area (Å²) in [6.45, 7) is 0. The Bertz CT molecular complexity index is 3220. The summed E-state index contributed by atoms with van der Waals surface area (Å²) in [7, 11) is 0. The third-order valence-electron chi connectivity index (χ3n) is 12.8. The number of halogens is 1. The summed E-state index contributed by atoms with van der Waals surface area (Å²) in [5.41, 5.74) is 17.1. The molecule has 0 unspecified atom stereocenters. The van der Waals surface area contributed by atoms with Gasteiger partial charge in [-0.2, -0.15) is 0 Å². The first-order valence-corrected chi connectivity index (χ1v) is 20.1. The molecule has 0 bridgehead atoms. The Labute approximate surface area is 336 Å². The summed E-state index contributed by atoms with van der Waals surface area (Å²) in [6, 6.07) is 71.5. The van der Waals surface area contributed by atoms with Crippen molar-refractivity contribution in [2.75, 3.05) is 4.90 Å². The predicted molar refractivity (Wildman–Crippen MR) is 238 cm³/mol. The van der Waals surface area contributed by atoms with E-state index in [9.17, 15) is 4.39 Å². The Morgan fingerprint density at radius 2 is 1.09 bits per heavy atom. The third kappa shape index (κ3) is 4.90. The van der Waals surface area contributed by atoms with Gasteiger partial charge >= 0.3 is 0 Å². The van der Waals surface area contributed by atoms with Crippen LogP contribution in [0, 0.1) is 5.82 Å². The highest BCUT2D eigenvalue weighted by molar-refractivity contribution is 6.10. The second-order valence-corrected chi connectivity index (χ2v) is 15.9. The van der Waals surface area contributed by atoms with Crippen LogP contribution in [0.3, 0.4) is 0 Å². The summed E-state index contributed by atoms with van der Waals surface area (Å²) in [5.74, 6) is -0.239. The van der Waals surface area contributed by atoms with Gasteiger partial charge in [0.2, 0.25) is 0 Å². The number of rotatable bonds is 5. The van der Waals surface area contributed by atoms with E-state index < -0.39 is 0 Å². The van der Waals surface area contributed by atoms with Crippen molar-refractivity contribution in [3.63, 3.8) is 0 Å². The van der Waals surface area contributed by atoms with Crippen LogP contribution in [0.2, 0.25) is 0 Å². The number of hydrogen-bond acceptors (Lipinski definition) is 1. The van der Waals surface area contributed by atoms with Crippen molar-refractivity contribution < 1.29 is 4.39 Å². The highest BCUT2D eigenvalue weighted by Gasteiger charge is 2.47. The molecule has 0 radical (unpaired) electrons. The molecule has 0 saturated heterocycles. The topological polar surface area (TPSA) is 8.17 Å². The molecule has 58 heavy (non-hydrogen) atoms. The van der Waals surface area contributed by atoms with E-state index >= 15 is 0 Å². The van der Waals surface area contributed by atoms with Crippen molar-refractivity contribution in [2.24, 2.45) is 0 Å². The summed E-state index contributed by atoms with van der Waals surface area (Å²) in [5, 5.41) is 4.77. The van der Waals surface area contributed by atoms with Crippen molar-refractivity contribution in [2.45, 2.75) is 18.3 Å². The second-order valence-electron chi connectivity index (χ2n) is 15.9. The van der Waals surface area contributed by atoms with E-state index in [4.69, 9.17) is 0 Å². The molecule has 2 nitrogen and oxygen atoms in total. The smallest absolute Gasteiger partial charge is 0.123 e. The Kier molecular flexibility index (Phi) is 7.18. The van der Waals surface area contributed by atoms with E-state index in [1.807, 2.05) is 12.1 Å². The van der Waals surface area contributed by atoms with Gasteiger partial charge in [0.25, 0.3) is 0 Å². The molecule has 12 rings (SSSR count). The zero-order valence-electron chi connectivity index (χ0n) is 31.7. The number of para-hydroxylation sites is 1. The minimum absolute atomic E-state index is 0.102. The lowest BCUT2D eigenvalue weighted by atomic mass is 9.75. The fourth-order valence-corrected chi connectivity index (χ4v) is 10.2. The molecule has 1 aromatic heterocycles. The van der Waals surface area contributed by atoms with Crippen molar-refractivity contribution in [3.8, 4) is 27.9 Å². The largest absolute Gasteiger partial charge is 0.310 e. The predicted octanol–water partition coefficient (Wildman–Crippen LogP) is 14.3. The molecule has 2 aliphatic rings. The maximum Gasteiger partial charge on any atom is 0.123 e. The first-order chi connectivity index (χ1) is 28.6. The number of hydrogen-bond donors (Lipinski definition) is 0. The van der Waals surface area contributed by atoms with Gasteiger partial charge < -0.3 is 9.47 Å². The van der Waals surface area contributed by atoms with E-state index in [1.165, 1.54) is 67.1 Å². The average Bonchev–Trinajstić information content (AvgIpc) is 3.92. The first-order valence-electron chi connectivity index (χ1n) is 20.1. The summed E-state index contributed by atoms with van der Waals surface area (Å²) >= 11 is 0. The minimum Gasteiger partial charge on any atom is -0.310 e. The fourth-order valence-electron chi connectivity index (χ4n) is 10.2. The van der Waals surface area contributed by atoms with E-state index in [0.717, 1.165) is 57.8 Å². The van der Waals surface area contributed by atoms with Gasteiger partial charge in [-0.1, -0.05) is 133 Å². The van der Waals surface area contributed by atoms with Crippen LogP contribution >= 0.6 is 0 Å². The number of nitrogens with zero attached hydrogens (tertiary/aromatic N) is 2. The number of fused-ring (bicyclic) bond motifs is 10. The molecular formula is C55H37FN2. The van der Waals surface area contributed by atoms with Crippen LogP contribution in [-0.2, 0) is 18.3 Å². The van der Waals surface area contributed by atoms with Gasteiger partial charge in [0.05, 0.1) is 16.7 Å². The van der Waals surface area contributed by atoms with Gasteiger partial charge in [0.1, 0.15) is 5.82 Å². The van der Waals surface area contributed by atoms with Gasteiger partial charge in [0, 0.05) is 38.6 Å². The molecule has 0 atom stereocenters. The fraction of sp³-hybridized carbons (Fsp3) is 0.0545. The molecule has 0 N–H and O–H groups in total. The molecule has 0 amide bonds. The van der Waals surface area contributed by atoms with Crippen LogP contribution in [0.1, 0.15) is 22.3 Å². The molecule has 0 aliphatic heterocycles. The Hall–Kier alpha value is -7.23. The van der Waals surface area contributed by atoms with Crippen molar-refractivity contribution in [1.82, 2.24) is 4.57 Å². The van der Waals surface area contributed by atoms with Crippen molar-refractivity contribution in [3.05, 3.63) is 228 Å². The molecule has 0 saturated carbocycles. The van der Waals surface area contributed by atoms with Crippen LogP contribution in [0.15, 0.2) is 200 Å². The average molecular weight is 745 g/mol. The molecular weight excluding hydrogens is 708 g/mol. The monoisotopic (exact) mass is 744 g/mol. The first kappa shape index (κ1) is 33.0. The van der Waals surface area contributed by atoms with E-state index in [-0.39, 0.29) is 11.2 Å². The number of anilines is 3. The van der Waals surface area contributed by atoms with Gasteiger partial charge in [-0.15, -0.1) is 0 Å². The van der Waals surface area contributed by atoms with Gasteiger partial charge in [-0.05, 0) is 129 Å². The minimum atomic E-state index is -0.239. The summed E-state index contributed by atoms with van der Waals surface area (Å²) in [6.07, 6.45) is 2.01. The van der Waals surface area contributed by atoms with Crippen molar-refractivity contribution in [1.29, 1.82) is 0 Å². The summed E-state index contributed by atoms with van der Waals surface area (Å²) < 4.78 is 16.3. The Balaban J connectivity index is 1.01.